The van der Waals surface area contributed by atoms with Gasteiger partial charge in [-0.3, -0.25) is 4.79 Å². The van der Waals surface area contributed by atoms with Gasteiger partial charge >= 0.3 is 0 Å². The fraction of sp³-hybridized carbons (Fsp3) is 0.118. The van der Waals surface area contributed by atoms with E-state index in [2.05, 4.69) is 15.4 Å². The number of primary amides is 1. The van der Waals surface area contributed by atoms with Gasteiger partial charge in [-0.05, 0) is 30.5 Å². The van der Waals surface area contributed by atoms with Gasteiger partial charge in [0.15, 0.2) is 5.82 Å². The molecular formula is C17H13Cl2N5OS. The number of hydrogen-bond donors (Lipinski definition) is 2. The van der Waals surface area contributed by atoms with Crippen LogP contribution < -0.4 is 11.1 Å². The number of thiophene rings is 1. The molecule has 26 heavy (non-hydrogen) atoms. The van der Waals surface area contributed by atoms with E-state index in [0.717, 1.165) is 4.88 Å². The van der Waals surface area contributed by atoms with Crippen molar-refractivity contribution in [2.24, 2.45) is 5.73 Å². The van der Waals surface area contributed by atoms with Gasteiger partial charge in [-0.1, -0.05) is 35.3 Å². The second-order valence-corrected chi connectivity index (χ2v) is 7.57. The SMILES string of the molecule is CC1=C(C(N)=O)C(c2ccc(Cl)cc2Cl)n2nc(-c3cccs3)nc2N1. The number of rotatable bonds is 3. The predicted octanol–water partition coefficient (Wildman–Crippen LogP) is 4.09. The molecule has 6 nitrogen and oxygen atoms in total. The van der Waals surface area contributed by atoms with Gasteiger partial charge in [0.2, 0.25) is 11.9 Å². The summed E-state index contributed by atoms with van der Waals surface area (Å²) in [4.78, 5) is 17.6. The van der Waals surface area contributed by atoms with Crippen molar-refractivity contribution in [3.05, 3.63) is 62.6 Å². The molecule has 0 saturated carbocycles. The van der Waals surface area contributed by atoms with E-state index in [-0.39, 0.29) is 0 Å². The summed E-state index contributed by atoms with van der Waals surface area (Å²) in [5, 5.41) is 10.6. The summed E-state index contributed by atoms with van der Waals surface area (Å²) in [6.07, 6.45) is 0. The molecule has 0 saturated heterocycles. The molecule has 3 aromatic rings. The van der Waals surface area contributed by atoms with Crippen molar-refractivity contribution in [2.45, 2.75) is 13.0 Å². The highest BCUT2D eigenvalue weighted by atomic mass is 35.5. The van der Waals surface area contributed by atoms with Crippen LogP contribution in [0.15, 0.2) is 47.0 Å². The predicted molar refractivity (Wildman–Crippen MR) is 103 cm³/mol. The molecule has 1 amide bonds. The molecule has 4 rings (SSSR count). The van der Waals surface area contributed by atoms with Crippen LogP contribution in [0, 0.1) is 0 Å². The molecule has 0 spiro atoms. The Labute approximate surface area is 163 Å². The minimum atomic E-state index is -0.588. The molecule has 0 radical (unpaired) electrons. The summed E-state index contributed by atoms with van der Waals surface area (Å²) < 4.78 is 1.64. The number of halogens is 2. The monoisotopic (exact) mass is 405 g/mol. The standard InChI is InChI=1S/C17H13Cl2N5OS/c1-8-13(15(20)25)14(10-5-4-9(18)7-11(10)19)24-17(21-8)22-16(23-24)12-3-2-6-26-12/h2-7,14H,1H3,(H2,20,25)(H,21,22,23). The van der Waals surface area contributed by atoms with E-state index in [1.807, 2.05) is 17.5 Å². The lowest BCUT2D eigenvalue weighted by molar-refractivity contribution is -0.115. The first-order valence-electron chi connectivity index (χ1n) is 7.68. The Kier molecular flexibility index (Phi) is 4.22. The molecule has 9 heteroatoms. The normalized spacial score (nSPS) is 16.3. The zero-order chi connectivity index (χ0) is 18.4. The van der Waals surface area contributed by atoms with Crippen LogP contribution in [0.1, 0.15) is 18.5 Å². The van der Waals surface area contributed by atoms with Crippen LogP contribution in [0.2, 0.25) is 10.0 Å². The van der Waals surface area contributed by atoms with Gasteiger partial charge in [-0.15, -0.1) is 16.4 Å². The minimum absolute atomic E-state index is 0.379. The summed E-state index contributed by atoms with van der Waals surface area (Å²) in [6.45, 7) is 1.78. The maximum Gasteiger partial charge on any atom is 0.248 e. The Bertz CT molecular complexity index is 1040. The van der Waals surface area contributed by atoms with Crippen LogP contribution in [0.5, 0.6) is 0 Å². The molecule has 132 valence electrons. The fourth-order valence-corrected chi connectivity index (χ4v) is 4.16. The van der Waals surface area contributed by atoms with Gasteiger partial charge in [0.1, 0.15) is 6.04 Å². The number of anilines is 1. The molecule has 1 atom stereocenters. The quantitative estimate of drug-likeness (QED) is 0.686. The number of amides is 1. The van der Waals surface area contributed by atoms with Gasteiger partial charge in [-0.25, -0.2) is 4.68 Å². The number of nitrogens with one attached hydrogen (secondary N) is 1. The molecule has 1 aromatic carbocycles. The smallest absolute Gasteiger partial charge is 0.248 e. The van der Waals surface area contributed by atoms with Gasteiger partial charge in [-0.2, -0.15) is 4.98 Å². The third-order valence-corrected chi connectivity index (χ3v) is 5.54. The van der Waals surface area contributed by atoms with Crippen molar-refractivity contribution in [1.29, 1.82) is 0 Å². The molecule has 3 N–H and O–H groups in total. The summed E-state index contributed by atoms with van der Waals surface area (Å²) in [5.41, 5.74) is 7.33. The van der Waals surface area contributed by atoms with Crippen molar-refractivity contribution in [1.82, 2.24) is 14.8 Å². The Morgan fingerprint density at radius 3 is 2.81 bits per heavy atom. The van der Waals surface area contributed by atoms with Crippen LogP contribution in [0.25, 0.3) is 10.7 Å². The van der Waals surface area contributed by atoms with Crippen LogP contribution in [0.4, 0.5) is 5.95 Å². The van der Waals surface area contributed by atoms with Crippen LogP contribution in [-0.2, 0) is 4.79 Å². The van der Waals surface area contributed by atoms with Gasteiger partial charge in [0, 0.05) is 21.3 Å². The third-order valence-electron chi connectivity index (χ3n) is 4.12. The number of fused-ring (bicyclic) bond motifs is 1. The van der Waals surface area contributed by atoms with Gasteiger partial charge < -0.3 is 11.1 Å². The molecule has 2 aromatic heterocycles. The zero-order valence-electron chi connectivity index (χ0n) is 13.5. The first kappa shape index (κ1) is 17.1. The molecule has 3 heterocycles. The summed E-state index contributed by atoms with van der Waals surface area (Å²) in [5.74, 6) is 0.535. The van der Waals surface area contributed by atoms with Gasteiger partial charge in [0.05, 0.1) is 10.5 Å². The molecule has 1 aliphatic rings. The topological polar surface area (TPSA) is 85.8 Å². The average molecular weight is 406 g/mol. The molecule has 1 unspecified atom stereocenters. The number of carbonyl (C=O) groups is 1. The lowest BCUT2D eigenvalue weighted by atomic mass is 9.95. The highest BCUT2D eigenvalue weighted by Crippen LogP contribution is 2.39. The number of nitrogens with zero attached hydrogens (tertiary/aromatic N) is 3. The average Bonchev–Trinajstić information content (AvgIpc) is 3.22. The summed E-state index contributed by atoms with van der Waals surface area (Å²) >= 11 is 14.0. The van der Waals surface area contributed by atoms with Crippen molar-refractivity contribution in [3.8, 4) is 10.7 Å². The first-order chi connectivity index (χ1) is 12.5. The maximum absolute atomic E-state index is 12.2. The van der Waals surface area contributed by atoms with Crippen molar-refractivity contribution < 1.29 is 4.79 Å². The number of hydrogen-bond acceptors (Lipinski definition) is 5. The van der Waals surface area contributed by atoms with Crippen molar-refractivity contribution in [2.75, 3.05) is 5.32 Å². The van der Waals surface area contributed by atoms with Crippen LogP contribution in [0.3, 0.4) is 0 Å². The molecule has 0 fully saturated rings. The first-order valence-corrected chi connectivity index (χ1v) is 9.32. The van der Waals surface area contributed by atoms with E-state index >= 15 is 0 Å². The third kappa shape index (κ3) is 2.78. The number of benzene rings is 1. The lowest BCUT2D eigenvalue weighted by Crippen LogP contribution is -2.32. The maximum atomic E-state index is 12.2. The molecule has 0 aliphatic carbocycles. The number of allylic oxidation sites excluding steroid dienone is 1. The number of aromatic nitrogens is 3. The molecule has 1 aliphatic heterocycles. The Hall–Kier alpha value is -2.35. The fourth-order valence-electron chi connectivity index (χ4n) is 2.99. The van der Waals surface area contributed by atoms with Crippen molar-refractivity contribution in [3.63, 3.8) is 0 Å². The lowest BCUT2D eigenvalue weighted by Gasteiger charge is -2.28. The second-order valence-electron chi connectivity index (χ2n) is 5.78. The van der Waals surface area contributed by atoms with E-state index in [0.29, 0.717) is 38.7 Å². The zero-order valence-corrected chi connectivity index (χ0v) is 15.9. The summed E-state index contributed by atoms with van der Waals surface area (Å²) in [6, 6.07) is 8.40. The van der Waals surface area contributed by atoms with E-state index in [1.165, 1.54) is 11.3 Å². The Balaban J connectivity index is 1.93. The van der Waals surface area contributed by atoms with E-state index < -0.39 is 11.9 Å². The van der Waals surface area contributed by atoms with Crippen LogP contribution >= 0.6 is 34.5 Å². The van der Waals surface area contributed by atoms with Gasteiger partial charge in [0.25, 0.3) is 0 Å². The van der Waals surface area contributed by atoms with E-state index in [1.54, 1.807) is 29.8 Å². The highest BCUT2D eigenvalue weighted by Gasteiger charge is 2.34. The number of carbonyl (C=O) groups excluding carboxylic acids is 1. The largest absolute Gasteiger partial charge is 0.366 e. The van der Waals surface area contributed by atoms with Crippen LogP contribution in [-0.4, -0.2) is 20.7 Å². The highest BCUT2D eigenvalue weighted by molar-refractivity contribution is 7.13. The second kappa shape index (κ2) is 6.42. The Morgan fingerprint density at radius 1 is 1.35 bits per heavy atom. The summed E-state index contributed by atoms with van der Waals surface area (Å²) in [7, 11) is 0. The molecular weight excluding hydrogens is 393 g/mol. The molecule has 0 bridgehead atoms. The van der Waals surface area contributed by atoms with E-state index in [9.17, 15) is 4.79 Å². The van der Waals surface area contributed by atoms with Crippen molar-refractivity contribution >= 4 is 46.4 Å². The number of nitrogens with two attached hydrogens (primary N) is 1. The minimum Gasteiger partial charge on any atom is -0.366 e. The van der Waals surface area contributed by atoms with E-state index in [4.69, 9.17) is 28.9 Å². The Morgan fingerprint density at radius 2 is 2.15 bits per heavy atom.